The first kappa shape index (κ1) is 34.0. The van der Waals surface area contributed by atoms with Crippen LogP contribution in [0.25, 0.3) is 0 Å². The second-order valence-electron chi connectivity index (χ2n) is 14.3. The number of ether oxygens (including phenoxy) is 4. The van der Waals surface area contributed by atoms with Crippen LogP contribution in [0.2, 0.25) is 0 Å². The average Bonchev–Trinajstić information content (AvgIpc) is 3.33. The summed E-state index contributed by atoms with van der Waals surface area (Å²) in [5.74, 6) is -2.03. The Bertz CT molecular complexity index is 1250. The molecule has 1 aliphatic carbocycles. The fourth-order valence-corrected chi connectivity index (χ4v) is 7.95. The molecule has 0 radical (unpaired) electrons. The summed E-state index contributed by atoms with van der Waals surface area (Å²) in [6.45, 7) is 10.3. The Morgan fingerprint density at radius 3 is 2.60 bits per heavy atom. The molecule has 0 aromatic rings. The van der Waals surface area contributed by atoms with Crippen LogP contribution in [0.4, 0.5) is 0 Å². The molecule has 4 aliphatic heterocycles. The third-order valence-corrected chi connectivity index (χ3v) is 10.9. The number of aliphatic hydroxyl groups is 2. The quantitative estimate of drug-likeness (QED) is 0.344. The minimum Gasteiger partial charge on any atom is -0.462 e. The van der Waals surface area contributed by atoms with Gasteiger partial charge in [0.15, 0.2) is 5.79 Å². The molecule has 1 amide bonds. The maximum Gasteiger partial charge on any atom is 0.316 e. The normalized spacial score (nSPS) is 45.3. The summed E-state index contributed by atoms with van der Waals surface area (Å²) in [6.07, 6.45) is 11.2. The van der Waals surface area contributed by atoms with E-state index in [4.69, 9.17) is 18.9 Å². The number of rotatable bonds is 3. The lowest BCUT2D eigenvalue weighted by Crippen LogP contribution is -2.58. The molecule has 3 saturated heterocycles. The molecule has 9 nitrogen and oxygen atoms in total. The Balaban J connectivity index is 1.56. The van der Waals surface area contributed by atoms with Gasteiger partial charge in [0.1, 0.15) is 29.8 Å². The van der Waals surface area contributed by atoms with Crippen LogP contribution in [-0.4, -0.2) is 89.6 Å². The van der Waals surface area contributed by atoms with Crippen molar-refractivity contribution in [2.75, 3.05) is 20.7 Å². The summed E-state index contributed by atoms with van der Waals surface area (Å²) in [7, 11) is 3.55. The highest BCUT2D eigenvalue weighted by Gasteiger charge is 2.60. The molecule has 0 saturated carbocycles. The van der Waals surface area contributed by atoms with E-state index in [0.29, 0.717) is 49.2 Å². The van der Waals surface area contributed by atoms with E-state index in [0.717, 1.165) is 18.4 Å². The number of carbonyl (C=O) groups is 2. The van der Waals surface area contributed by atoms with E-state index in [1.807, 2.05) is 12.2 Å². The molecular formula is C36H53NO8. The van der Waals surface area contributed by atoms with Crippen LogP contribution < -0.4 is 0 Å². The van der Waals surface area contributed by atoms with Gasteiger partial charge in [-0.25, -0.2) is 0 Å². The smallest absolute Gasteiger partial charge is 0.316 e. The first-order valence-corrected chi connectivity index (χ1v) is 16.8. The largest absolute Gasteiger partial charge is 0.462 e. The van der Waals surface area contributed by atoms with Crippen molar-refractivity contribution in [1.29, 1.82) is 0 Å². The first-order valence-electron chi connectivity index (χ1n) is 16.8. The molecule has 2 N–H and O–H groups in total. The molecule has 0 aromatic heterocycles. The predicted molar refractivity (Wildman–Crippen MR) is 170 cm³/mol. The minimum absolute atomic E-state index is 0.00218. The van der Waals surface area contributed by atoms with Gasteiger partial charge in [-0.3, -0.25) is 9.59 Å². The van der Waals surface area contributed by atoms with E-state index in [9.17, 15) is 19.8 Å². The summed E-state index contributed by atoms with van der Waals surface area (Å²) in [6, 6.07) is 0. The van der Waals surface area contributed by atoms with Gasteiger partial charge in [0.2, 0.25) is 5.91 Å². The standard InChI is InChI=1S/C36H53NO8/c1-8-30-23(4)14-15-35(45-30)19-27-17-26(44-35)13-12-22(3)28(18-31(38)37(6)7)21(2)10-9-11-25-20-42-33-32(39)24(5)16-29(34(40)43-27)36(25,33)41/h9-12,16,21,23,26-30,32-33,39,41H,8,13-15,17-20H2,1-7H3/b10-9+,22-12+,25-11+/t21-,23-,26+,27-,28?,29-,30?,32+,33?,35+,36+/m0/s1. The van der Waals surface area contributed by atoms with Gasteiger partial charge >= 0.3 is 5.97 Å². The van der Waals surface area contributed by atoms with Gasteiger partial charge in [-0.15, -0.1) is 0 Å². The number of nitrogens with zero attached hydrogens (tertiary/aromatic N) is 1. The Morgan fingerprint density at radius 1 is 1.13 bits per heavy atom. The maximum atomic E-state index is 14.0. The van der Waals surface area contributed by atoms with Crippen molar-refractivity contribution in [1.82, 2.24) is 4.90 Å². The monoisotopic (exact) mass is 627 g/mol. The second kappa shape index (κ2) is 13.4. The number of esters is 1. The fourth-order valence-electron chi connectivity index (χ4n) is 7.95. The molecule has 3 unspecified atom stereocenters. The van der Waals surface area contributed by atoms with Crippen molar-refractivity contribution < 1.29 is 38.7 Å². The van der Waals surface area contributed by atoms with Crippen LogP contribution in [0.5, 0.6) is 0 Å². The molecule has 2 bridgehead atoms. The number of hydrogen-bond acceptors (Lipinski definition) is 8. The Kier molecular flexibility index (Phi) is 10.2. The first-order chi connectivity index (χ1) is 21.3. The van der Waals surface area contributed by atoms with Crippen molar-refractivity contribution in [2.24, 2.45) is 23.7 Å². The minimum atomic E-state index is -1.76. The van der Waals surface area contributed by atoms with Gasteiger partial charge in [0.05, 0.1) is 18.8 Å². The van der Waals surface area contributed by atoms with Gasteiger partial charge in [-0.05, 0) is 62.0 Å². The van der Waals surface area contributed by atoms with Gasteiger partial charge in [-0.2, -0.15) is 0 Å². The summed E-state index contributed by atoms with van der Waals surface area (Å²) in [5.41, 5.74) is 0.417. The van der Waals surface area contributed by atoms with Crippen molar-refractivity contribution in [3.8, 4) is 0 Å². The van der Waals surface area contributed by atoms with Crippen LogP contribution in [0, 0.1) is 23.7 Å². The summed E-state index contributed by atoms with van der Waals surface area (Å²) >= 11 is 0. The number of fused-ring (bicyclic) bond motifs is 2. The molecule has 9 heteroatoms. The molecule has 11 atom stereocenters. The third-order valence-electron chi connectivity index (χ3n) is 10.9. The van der Waals surface area contributed by atoms with E-state index in [1.54, 1.807) is 38.1 Å². The molecule has 3 fully saturated rings. The molecule has 5 aliphatic rings. The van der Waals surface area contributed by atoms with Crippen molar-refractivity contribution >= 4 is 11.9 Å². The van der Waals surface area contributed by atoms with Gasteiger partial charge in [-0.1, -0.05) is 56.7 Å². The average molecular weight is 628 g/mol. The van der Waals surface area contributed by atoms with Gasteiger partial charge in [0.25, 0.3) is 0 Å². The van der Waals surface area contributed by atoms with Crippen molar-refractivity contribution in [3.63, 3.8) is 0 Å². The highest BCUT2D eigenvalue weighted by Crippen LogP contribution is 2.47. The number of allylic oxidation sites excluding steroid dienone is 4. The number of hydrogen-bond donors (Lipinski definition) is 2. The van der Waals surface area contributed by atoms with E-state index >= 15 is 0 Å². The lowest BCUT2D eigenvalue weighted by molar-refractivity contribution is -0.335. The highest BCUT2D eigenvalue weighted by molar-refractivity contribution is 5.78. The molecule has 0 aromatic carbocycles. The predicted octanol–water partition coefficient (Wildman–Crippen LogP) is 4.63. The van der Waals surface area contributed by atoms with E-state index in [1.165, 1.54) is 0 Å². The van der Waals surface area contributed by atoms with Crippen molar-refractivity contribution in [3.05, 3.63) is 47.1 Å². The molecule has 250 valence electrons. The lowest BCUT2D eigenvalue weighted by Gasteiger charge is -2.50. The van der Waals surface area contributed by atoms with Crippen molar-refractivity contribution in [2.45, 2.75) is 121 Å². The van der Waals surface area contributed by atoms with E-state index in [-0.39, 0.29) is 36.6 Å². The van der Waals surface area contributed by atoms with Crippen LogP contribution in [0.3, 0.4) is 0 Å². The van der Waals surface area contributed by atoms with E-state index in [2.05, 4.69) is 33.8 Å². The molecular weight excluding hydrogens is 574 g/mol. The summed E-state index contributed by atoms with van der Waals surface area (Å²) in [5, 5.41) is 23.2. The Morgan fingerprint density at radius 2 is 1.89 bits per heavy atom. The van der Waals surface area contributed by atoms with E-state index < -0.39 is 41.6 Å². The Hall–Kier alpha value is -2.30. The summed E-state index contributed by atoms with van der Waals surface area (Å²) < 4.78 is 25.7. The van der Waals surface area contributed by atoms with Crippen LogP contribution in [-0.2, 0) is 28.5 Å². The SMILES string of the molecule is CCC1O[C@]2(CC[C@@H]1C)C[C@@H]1C[C@@H](C/C=C(\C)C(CC(=O)N(C)C)[C@@H](C)/C=C/C=C3\COC4[C@H](O)C(C)=C[C@@H](C(=O)O1)[C@]34O)O2. The number of aliphatic hydroxyl groups excluding tert-OH is 1. The third kappa shape index (κ3) is 6.75. The topological polar surface area (TPSA) is 115 Å². The zero-order valence-electron chi connectivity index (χ0n) is 28.0. The maximum absolute atomic E-state index is 14.0. The zero-order valence-corrected chi connectivity index (χ0v) is 28.0. The lowest BCUT2D eigenvalue weighted by atomic mass is 9.71. The van der Waals surface area contributed by atoms with Crippen LogP contribution >= 0.6 is 0 Å². The highest BCUT2D eigenvalue weighted by atomic mass is 16.7. The summed E-state index contributed by atoms with van der Waals surface area (Å²) in [4.78, 5) is 28.6. The van der Waals surface area contributed by atoms with Gasteiger partial charge < -0.3 is 34.1 Å². The molecule has 1 spiro atoms. The Labute approximate surface area is 268 Å². The second-order valence-corrected chi connectivity index (χ2v) is 14.3. The van der Waals surface area contributed by atoms with Crippen LogP contribution in [0.1, 0.15) is 79.6 Å². The fraction of sp³-hybridized carbons (Fsp3) is 0.722. The van der Waals surface area contributed by atoms with Crippen LogP contribution in [0.15, 0.2) is 47.1 Å². The number of amides is 1. The zero-order chi connectivity index (χ0) is 32.7. The molecule has 45 heavy (non-hydrogen) atoms. The molecule has 5 rings (SSSR count). The molecule has 4 heterocycles. The number of carbonyl (C=O) groups excluding carboxylic acids is 2. The van der Waals surface area contributed by atoms with Gasteiger partial charge in [0, 0.05) is 39.8 Å².